The molecule has 3 aromatic rings. The molecule has 2 aromatic carbocycles. The smallest absolute Gasteiger partial charge is 0.255 e. The fourth-order valence-electron chi connectivity index (χ4n) is 4.09. The van der Waals surface area contributed by atoms with E-state index in [-0.39, 0.29) is 11.9 Å². The molecule has 0 unspecified atom stereocenters. The van der Waals surface area contributed by atoms with Crippen LogP contribution in [0, 0.1) is 0 Å². The molecule has 1 aliphatic heterocycles. The molecule has 0 spiro atoms. The molecule has 1 N–H and O–H groups in total. The molecule has 1 fully saturated rings. The van der Waals surface area contributed by atoms with E-state index in [0.29, 0.717) is 12.1 Å². The second kappa shape index (κ2) is 7.26. The number of nitrogens with zero attached hydrogens (tertiary/aromatic N) is 1. The van der Waals surface area contributed by atoms with Crippen LogP contribution in [0.25, 0.3) is 11.1 Å². The van der Waals surface area contributed by atoms with Gasteiger partial charge in [-0.25, -0.2) is 0 Å². The fourth-order valence-corrected chi connectivity index (χ4v) is 4.09. The van der Waals surface area contributed by atoms with Crippen molar-refractivity contribution in [1.29, 1.82) is 0 Å². The van der Waals surface area contributed by atoms with Crippen LogP contribution >= 0.6 is 0 Å². The third-order valence-corrected chi connectivity index (χ3v) is 5.51. The van der Waals surface area contributed by atoms with E-state index < -0.39 is 0 Å². The van der Waals surface area contributed by atoms with E-state index in [1.807, 2.05) is 30.3 Å². The predicted octanol–water partition coefficient (Wildman–Crippen LogP) is 3.61. The van der Waals surface area contributed by atoms with Gasteiger partial charge < -0.3 is 14.5 Å². The van der Waals surface area contributed by atoms with Crippen molar-refractivity contribution in [2.24, 2.45) is 0 Å². The van der Waals surface area contributed by atoms with Crippen LogP contribution in [0.15, 0.2) is 65.3 Å². The van der Waals surface area contributed by atoms with Gasteiger partial charge in [0, 0.05) is 13.1 Å². The van der Waals surface area contributed by atoms with Gasteiger partial charge in [-0.05, 0) is 28.3 Å². The van der Waals surface area contributed by atoms with Gasteiger partial charge in [0.15, 0.2) is 0 Å². The number of ether oxygens (including phenoxy) is 1. The average Bonchev–Trinajstić information content (AvgIpc) is 3.33. The van der Waals surface area contributed by atoms with Crippen molar-refractivity contribution in [3.05, 3.63) is 83.3 Å². The number of morpholine rings is 1. The quantitative estimate of drug-likeness (QED) is 0.758. The first-order valence-electron chi connectivity index (χ1n) is 9.66. The van der Waals surface area contributed by atoms with Crippen LogP contribution in [0.4, 0.5) is 0 Å². The number of hydrogen-bond acceptors (Lipinski definition) is 4. The maximum atomic E-state index is 12.9. The summed E-state index contributed by atoms with van der Waals surface area (Å²) >= 11 is 0. The van der Waals surface area contributed by atoms with Crippen molar-refractivity contribution in [1.82, 2.24) is 10.2 Å². The van der Waals surface area contributed by atoms with E-state index in [4.69, 9.17) is 9.15 Å². The van der Waals surface area contributed by atoms with Crippen LogP contribution in [-0.2, 0) is 11.3 Å². The minimum Gasteiger partial charge on any atom is -0.467 e. The number of fused-ring (bicyclic) bond motifs is 3. The van der Waals surface area contributed by atoms with Gasteiger partial charge in [-0.3, -0.25) is 9.69 Å². The molecular weight excluding hydrogens is 352 g/mol. The maximum Gasteiger partial charge on any atom is 0.255 e. The van der Waals surface area contributed by atoms with Crippen molar-refractivity contribution in [3.63, 3.8) is 0 Å². The molecule has 1 aliphatic carbocycles. The molecule has 1 saturated heterocycles. The number of furan rings is 1. The number of rotatable bonds is 4. The average molecular weight is 374 g/mol. The molecule has 5 heteroatoms. The predicted molar refractivity (Wildman–Crippen MR) is 106 cm³/mol. The molecule has 28 heavy (non-hydrogen) atoms. The van der Waals surface area contributed by atoms with Gasteiger partial charge in [0.1, 0.15) is 12.0 Å². The van der Waals surface area contributed by atoms with Crippen molar-refractivity contribution in [2.75, 3.05) is 26.3 Å². The first-order valence-corrected chi connectivity index (χ1v) is 9.66. The lowest BCUT2D eigenvalue weighted by molar-refractivity contribution is 0.0313. The minimum atomic E-state index is -0.141. The van der Waals surface area contributed by atoms with Gasteiger partial charge in [0.25, 0.3) is 5.91 Å². The Bertz CT molecular complexity index is 959. The molecule has 2 aliphatic rings. The summed E-state index contributed by atoms with van der Waals surface area (Å²) in [5.74, 6) is 0.688. The number of nitrogens with one attached hydrogen (secondary N) is 1. The summed E-state index contributed by atoms with van der Waals surface area (Å²) in [6.45, 7) is 3.96. The second-order valence-corrected chi connectivity index (χ2v) is 7.27. The molecule has 0 bridgehead atoms. The van der Waals surface area contributed by atoms with Crippen molar-refractivity contribution in [3.8, 4) is 11.1 Å². The van der Waals surface area contributed by atoms with Crippen LogP contribution in [0.1, 0.15) is 33.3 Å². The highest BCUT2D eigenvalue weighted by Crippen LogP contribution is 2.43. The van der Waals surface area contributed by atoms with Gasteiger partial charge in [-0.15, -0.1) is 0 Å². The summed E-state index contributed by atoms with van der Waals surface area (Å²) in [5.41, 5.74) is 5.19. The molecule has 0 saturated carbocycles. The first kappa shape index (κ1) is 17.2. The Labute approximate surface area is 163 Å². The van der Waals surface area contributed by atoms with Crippen molar-refractivity contribution >= 4 is 5.91 Å². The fraction of sp³-hybridized carbons (Fsp3) is 0.261. The molecule has 1 amide bonds. The van der Waals surface area contributed by atoms with E-state index in [0.717, 1.165) is 43.2 Å². The van der Waals surface area contributed by atoms with E-state index >= 15 is 0 Å². The lowest BCUT2D eigenvalue weighted by Crippen LogP contribution is -2.35. The lowest BCUT2D eigenvalue weighted by atomic mass is 10.1. The van der Waals surface area contributed by atoms with Gasteiger partial charge in [0.2, 0.25) is 0 Å². The number of carbonyl (C=O) groups is 1. The zero-order valence-corrected chi connectivity index (χ0v) is 15.6. The van der Waals surface area contributed by atoms with Gasteiger partial charge in [-0.1, -0.05) is 48.5 Å². The summed E-state index contributed by atoms with van der Waals surface area (Å²) in [7, 11) is 0. The third kappa shape index (κ3) is 3.13. The zero-order valence-electron chi connectivity index (χ0n) is 15.6. The van der Waals surface area contributed by atoms with Crippen LogP contribution in [0.2, 0.25) is 0 Å². The van der Waals surface area contributed by atoms with E-state index in [1.54, 1.807) is 6.26 Å². The van der Waals surface area contributed by atoms with Crippen molar-refractivity contribution < 1.29 is 13.9 Å². The SMILES string of the molecule is O=C(NC1c2ccccc2-c2ccccc21)c1coc(CN2CCOCC2)c1. The van der Waals surface area contributed by atoms with E-state index in [9.17, 15) is 4.79 Å². The Hall–Kier alpha value is -2.89. The Morgan fingerprint density at radius 1 is 1.00 bits per heavy atom. The number of carbonyl (C=O) groups excluding carboxylic acids is 1. The zero-order chi connectivity index (χ0) is 18.9. The molecule has 5 rings (SSSR count). The number of benzene rings is 2. The van der Waals surface area contributed by atoms with Gasteiger partial charge in [-0.2, -0.15) is 0 Å². The summed E-state index contributed by atoms with van der Waals surface area (Å²) in [6, 6.07) is 18.2. The number of amides is 1. The maximum absolute atomic E-state index is 12.9. The Morgan fingerprint density at radius 2 is 1.64 bits per heavy atom. The van der Waals surface area contributed by atoms with Gasteiger partial charge in [0.05, 0.1) is 31.4 Å². The normalized spacial score (nSPS) is 16.6. The minimum absolute atomic E-state index is 0.117. The summed E-state index contributed by atoms with van der Waals surface area (Å²) < 4.78 is 11.0. The summed E-state index contributed by atoms with van der Waals surface area (Å²) in [5, 5.41) is 3.19. The standard InChI is InChI=1S/C23H22N2O3/c26-23(16-13-17(28-15-16)14-25-9-11-27-12-10-25)24-22-20-7-3-1-5-18(20)19-6-2-4-8-21(19)22/h1-8,13,15,22H,9-12,14H2,(H,24,26). The molecule has 1 aromatic heterocycles. The summed E-state index contributed by atoms with van der Waals surface area (Å²) in [4.78, 5) is 15.2. The summed E-state index contributed by atoms with van der Waals surface area (Å²) in [6.07, 6.45) is 1.55. The third-order valence-electron chi connectivity index (χ3n) is 5.51. The first-order chi connectivity index (χ1) is 13.8. The highest BCUT2D eigenvalue weighted by Gasteiger charge is 2.29. The van der Waals surface area contributed by atoms with Crippen molar-refractivity contribution in [2.45, 2.75) is 12.6 Å². The largest absolute Gasteiger partial charge is 0.467 e. The number of hydrogen-bond donors (Lipinski definition) is 1. The topological polar surface area (TPSA) is 54.7 Å². The molecule has 2 heterocycles. The van der Waals surface area contributed by atoms with E-state index in [2.05, 4.69) is 34.5 Å². The Kier molecular flexibility index (Phi) is 4.47. The highest BCUT2D eigenvalue weighted by atomic mass is 16.5. The molecular formula is C23H22N2O3. The lowest BCUT2D eigenvalue weighted by Gasteiger charge is -2.25. The molecule has 5 nitrogen and oxygen atoms in total. The Morgan fingerprint density at radius 3 is 2.32 bits per heavy atom. The van der Waals surface area contributed by atoms with Crippen LogP contribution in [0.5, 0.6) is 0 Å². The monoisotopic (exact) mass is 374 g/mol. The molecule has 142 valence electrons. The van der Waals surface area contributed by atoms with Crippen LogP contribution in [0.3, 0.4) is 0 Å². The van der Waals surface area contributed by atoms with E-state index in [1.165, 1.54) is 11.1 Å². The van der Waals surface area contributed by atoms with Gasteiger partial charge >= 0.3 is 0 Å². The van der Waals surface area contributed by atoms with Crippen LogP contribution in [-0.4, -0.2) is 37.1 Å². The Balaban J connectivity index is 1.35. The molecule has 0 radical (unpaired) electrons. The molecule has 0 atom stereocenters. The highest BCUT2D eigenvalue weighted by molar-refractivity contribution is 5.95. The second-order valence-electron chi connectivity index (χ2n) is 7.27. The van der Waals surface area contributed by atoms with Crippen LogP contribution < -0.4 is 5.32 Å².